The van der Waals surface area contributed by atoms with Crippen LogP contribution in [0.1, 0.15) is 13.3 Å². The lowest BCUT2D eigenvalue weighted by Gasteiger charge is -2.09. The van der Waals surface area contributed by atoms with E-state index >= 15 is 0 Å². The normalized spacial score (nSPS) is 21.0. The van der Waals surface area contributed by atoms with Crippen LogP contribution in [0.15, 0.2) is 18.3 Å². The van der Waals surface area contributed by atoms with E-state index in [9.17, 15) is 4.79 Å². The van der Waals surface area contributed by atoms with Crippen LogP contribution in [0.5, 0.6) is 0 Å². The van der Waals surface area contributed by atoms with E-state index in [1.165, 1.54) is 0 Å². The van der Waals surface area contributed by atoms with Crippen LogP contribution in [-0.2, 0) is 4.79 Å². The number of carbonyl (C=O) groups excluding carboxylic acids is 1. The largest absolute Gasteiger partial charge is 0.379 e. The van der Waals surface area contributed by atoms with Gasteiger partial charge in [0.2, 0.25) is 5.91 Å². The number of carbonyl (C=O) groups is 1. The monoisotopic (exact) mass is 177 g/mol. The third-order valence-corrected chi connectivity index (χ3v) is 1.96. The lowest BCUT2D eigenvalue weighted by atomic mass is 10.2. The number of anilines is 2. The van der Waals surface area contributed by atoms with E-state index in [1.54, 1.807) is 6.20 Å². The fourth-order valence-electron chi connectivity index (χ4n) is 1.40. The Morgan fingerprint density at radius 2 is 2.46 bits per heavy atom. The summed E-state index contributed by atoms with van der Waals surface area (Å²) in [6.07, 6.45) is 2.15. The maximum Gasteiger partial charge on any atom is 0.227 e. The van der Waals surface area contributed by atoms with Crippen molar-refractivity contribution < 1.29 is 4.79 Å². The summed E-state index contributed by atoms with van der Waals surface area (Å²) < 4.78 is 0. The molecule has 0 saturated heterocycles. The number of amides is 1. The molecule has 1 aromatic rings. The molecule has 0 saturated carbocycles. The Balaban J connectivity index is 2.38. The molecule has 4 nitrogen and oxygen atoms in total. The second-order valence-electron chi connectivity index (χ2n) is 3.20. The maximum absolute atomic E-state index is 11.3. The van der Waals surface area contributed by atoms with Gasteiger partial charge >= 0.3 is 0 Å². The van der Waals surface area contributed by atoms with E-state index in [0.29, 0.717) is 12.2 Å². The molecule has 1 atom stereocenters. The zero-order valence-corrected chi connectivity index (χ0v) is 7.37. The molecular weight excluding hydrogens is 166 g/mol. The topological polar surface area (TPSA) is 54.0 Å². The first-order valence-corrected chi connectivity index (χ1v) is 4.27. The highest BCUT2D eigenvalue weighted by Gasteiger charge is 2.17. The van der Waals surface area contributed by atoms with E-state index in [0.717, 1.165) is 5.69 Å². The van der Waals surface area contributed by atoms with Crippen LogP contribution in [0.2, 0.25) is 0 Å². The van der Waals surface area contributed by atoms with Crippen LogP contribution >= 0.6 is 0 Å². The molecule has 0 aliphatic carbocycles. The summed E-state index contributed by atoms with van der Waals surface area (Å²) in [7, 11) is 0. The van der Waals surface area contributed by atoms with Crippen molar-refractivity contribution in [2.24, 2.45) is 0 Å². The summed E-state index contributed by atoms with van der Waals surface area (Å²) in [4.78, 5) is 15.3. The van der Waals surface area contributed by atoms with Gasteiger partial charge in [0.05, 0.1) is 5.69 Å². The molecule has 0 bridgehead atoms. The number of nitrogens with one attached hydrogen (secondary N) is 2. The first-order valence-electron chi connectivity index (χ1n) is 4.27. The van der Waals surface area contributed by atoms with Crippen LogP contribution in [0.3, 0.4) is 0 Å². The Labute approximate surface area is 76.4 Å². The van der Waals surface area contributed by atoms with E-state index in [-0.39, 0.29) is 11.9 Å². The van der Waals surface area contributed by atoms with E-state index < -0.39 is 0 Å². The van der Waals surface area contributed by atoms with Crippen molar-refractivity contribution in [3.05, 3.63) is 18.3 Å². The number of hydrogen-bond acceptors (Lipinski definition) is 3. The van der Waals surface area contributed by atoms with E-state index in [2.05, 4.69) is 15.6 Å². The number of aromatic nitrogens is 1. The highest BCUT2D eigenvalue weighted by molar-refractivity contribution is 5.94. The molecule has 13 heavy (non-hydrogen) atoms. The molecule has 68 valence electrons. The van der Waals surface area contributed by atoms with E-state index in [1.807, 2.05) is 19.1 Å². The summed E-state index contributed by atoms with van der Waals surface area (Å²) >= 11 is 0. The first kappa shape index (κ1) is 8.04. The van der Waals surface area contributed by atoms with E-state index in [4.69, 9.17) is 0 Å². The summed E-state index contributed by atoms with van der Waals surface area (Å²) in [5, 5.41) is 5.95. The van der Waals surface area contributed by atoms with Gasteiger partial charge in [-0.2, -0.15) is 0 Å². The third kappa shape index (κ3) is 1.61. The van der Waals surface area contributed by atoms with Gasteiger partial charge in [0.25, 0.3) is 0 Å². The summed E-state index contributed by atoms with van der Waals surface area (Å²) in [5.74, 6) is 0.634. The quantitative estimate of drug-likeness (QED) is 0.626. The number of fused-ring (bicyclic) bond motifs is 1. The van der Waals surface area contributed by atoms with Gasteiger partial charge in [-0.05, 0) is 19.1 Å². The van der Waals surface area contributed by atoms with Gasteiger partial charge in [-0.3, -0.25) is 4.79 Å². The summed E-state index contributed by atoms with van der Waals surface area (Å²) in [6.45, 7) is 1.97. The van der Waals surface area contributed by atoms with Gasteiger partial charge in [-0.25, -0.2) is 4.98 Å². The Bertz CT molecular complexity index is 337. The van der Waals surface area contributed by atoms with Crippen molar-refractivity contribution in [2.75, 3.05) is 10.6 Å². The lowest BCUT2D eigenvalue weighted by Crippen LogP contribution is -2.18. The lowest BCUT2D eigenvalue weighted by molar-refractivity contribution is -0.116. The van der Waals surface area contributed by atoms with Crippen molar-refractivity contribution in [2.45, 2.75) is 19.4 Å². The van der Waals surface area contributed by atoms with Crippen LogP contribution in [-0.4, -0.2) is 16.9 Å². The van der Waals surface area contributed by atoms with Crippen LogP contribution in [0.4, 0.5) is 11.5 Å². The molecule has 1 unspecified atom stereocenters. The van der Waals surface area contributed by atoms with Gasteiger partial charge in [-0.15, -0.1) is 0 Å². The highest BCUT2D eigenvalue weighted by Crippen LogP contribution is 2.22. The first-order chi connectivity index (χ1) is 6.25. The van der Waals surface area contributed by atoms with Crippen LogP contribution in [0, 0.1) is 0 Å². The molecule has 2 N–H and O–H groups in total. The maximum atomic E-state index is 11.3. The molecule has 2 heterocycles. The average Bonchev–Trinajstić information content (AvgIpc) is 2.20. The van der Waals surface area contributed by atoms with Crippen molar-refractivity contribution in [3.63, 3.8) is 0 Å². The molecule has 1 amide bonds. The van der Waals surface area contributed by atoms with Gasteiger partial charge in [0.15, 0.2) is 5.82 Å². The standard InChI is InChI=1S/C9H11N3O/c1-6-5-8(13)12-9-7(11-6)3-2-4-10-9/h2-4,6,11H,5H2,1H3,(H,10,12,13). The summed E-state index contributed by atoms with van der Waals surface area (Å²) in [6, 6.07) is 3.91. The second kappa shape index (κ2) is 3.05. The molecule has 4 heteroatoms. The fourth-order valence-corrected chi connectivity index (χ4v) is 1.40. The number of rotatable bonds is 0. The van der Waals surface area contributed by atoms with Crippen LogP contribution in [0.25, 0.3) is 0 Å². The van der Waals surface area contributed by atoms with Crippen molar-refractivity contribution in [3.8, 4) is 0 Å². The molecule has 1 aliphatic heterocycles. The SMILES string of the molecule is CC1CC(=O)Nc2ncccc2N1. The highest BCUT2D eigenvalue weighted by atomic mass is 16.1. The molecule has 0 radical (unpaired) electrons. The minimum absolute atomic E-state index is 0.0115. The molecular formula is C9H11N3O. The zero-order chi connectivity index (χ0) is 9.26. The van der Waals surface area contributed by atoms with Crippen molar-refractivity contribution in [1.29, 1.82) is 0 Å². The molecule has 0 fully saturated rings. The predicted octanol–water partition coefficient (Wildman–Crippen LogP) is 1.22. The third-order valence-electron chi connectivity index (χ3n) is 1.96. The zero-order valence-electron chi connectivity index (χ0n) is 7.37. The number of hydrogen-bond donors (Lipinski definition) is 2. The Morgan fingerprint density at radius 1 is 1.62 bits per heavy atom. The second-order valence-corrected chi connectivity index (χ2v) is 3.20. The van der Waals surface area contributed by atoms with Gasteiger partial charge in [-0.1, -0.05) is 0 Å². The van der Waals surface area contributed by atoms with Gasteiger partial charge in [0.1, 0.15) is 0 Å². The molecule has 1 aromatic heterocycles. The van der Waals surface area contributed by atoms with Crippen LogP contribution < -0.4 is 10.6 Å². The van der Waals surface area contributed by atoms with Crippen molar-refractivity contribution >= 4 is 17.4 Å². The minimum Gasteiger partial charge on any atom is -0.379 e. The minimum atomic E-state index is 0.0115. The Morgan fingerprint density at radius 3 is 3.31 bits per heavy atom. The molecule has 0 spiro atoms. The number of nitrogens with zero attached hydrogens (tertiary/aromatic N) is 1. The van der Waals surface area contributed by atoms with Crippen molar-refractivity contribution in [1.82, 2.24) is 4.98 Å². The molecule has 2 rings (SSSR count). The number of pyridine rings is 1. The average molecular weight is 177 g/mol. The van der Waals surface area contributed by atoms with Gasteiger partial charge in [0, 0.05) is 18.7 Å². The Kier molecular flexibility index (Phi) is 1.88. The Hall–Kier alpha value is -1.58. The molecule has 0 aromatic carbocycles. The predicted molar refractivity (Wildman–Crippen MR) is 50.6 cm³/mol. The molecule has 1 aliphatic rings. The fraction of sp³-hybridized carbons (Fsp3) is 0.333. The summed E-state index contributed by atoms with van der Waals surface area (Å²) in [5.41, 5.74) is 0.890. The van der Waals surface area contributed by atoms with Gasteiger partial charge < -0.3 is 10.6 Å². The smallest absolute Gasteiger partial charge is 0.227 e.